The monoisotopic (exact) mass is 329 g/mol. The van der Waals surface area contributed by atoms with Crippen LogP contribution < -0.4 is 4.74 Å². The van der Waals surface area contributed by atoms with Gasteiger partial charge >= 0.3 is 5.97 Å². The Labute approximate surface area is 137 Å². The molecule has 0 amide bonds. The number of ether oxygens (including phenoxy) is 2. The summed E-state index contributed by atoms with van der Waals surface area (Å²) in [5.74, 6) is 0.840. The lowest BCUT2D eigenvalue weighted by molar-refractivity contribution is -0.152. The summed E-state index contributed by atoms with van der Waals surface area (Å²) in [5, 5.41) is 5.86. The Hall–Kier alpha value is -2.60. The van der Waals surface area contributed by atoms with Crippen molar-refractivity contribution in [3.05, 3.63) is 59.6 Å². The number of carbonyl (C=O) groups is 1. The number of aromatic nitrogens is 1. The van der Waals surface area contributed by atoms with Crippen molar-refractivity contribution in [3.8, 4) is 16.4 Å². The summed E-state index contributed by atoms with van der Waals surface area (Å²) < 4.78 is 16.0. The Kier molecular flexibility index (Phi) is 4.73. The molecule has 0 aliphatic heterocycles. The average Bonchev–Trinajstić information content (AvgIpc) is 3.24. The molecule has 6 heteroatoms. The van der Waals surface area contributed by atoms with Crippen molar-refractivity contribution in [2.75, 3.05) is 0 Å². The largest absolute Gasteiger partial charge is 0.479 e. The van der Waals surface area contributed by atoms with Gasteiger partial charge in [0.2, 0.25) is 0 Å². The minimum atomic E-state index is -0.693. The van der Waals surface area contributed by atoms with Crippen LogP contribution >= 0.6 is 11.3 Å². The highest BCUT2D eigenvalue weighted by Crippen LogP contribution is 2.25. The first kappa shape index (κ1) is 15.3. The van der Waals surface area contributed by atoms with E-state index in [1.54, 1.807) is 36.5 Å². The molecule has 0 saturated carbocycles. The number of esters is 1. The smallest absolute Gasteiger partial charge is 0.347 e. The van der Waals surface area contributed by atoms with Gasteiger partial charge in [0, 0.05) is 6.07 Å². The fourth-order valence-corrected chi connectivity index (χ4v) is 2.60. The van der Waals surface area contributed by atoms with Crippen LogP contribution in [0, 0.1) is 0 Å². The van der Waals surface area contributed by atoms with Crippen molar-refractivity contribution in [3.63, 3.8) is 0 Å². The van der Waals surface area contributed by atoms with Gasteiger partial charge in [0.1, 0.15) is 18.1 Å². The third kappa shape index (κ3) is 3.98. The number of thiophene rings is 1. The third-order valence-electron chi connectivity index (χ3n) is 3.07. The Bertz CT molecular complexity index is 752. The summed E-state index contributed by atoms with van der Waals surface area (Å²) in [6.07, 6.45) is -0.693. The molecule has 0 bridgehead atoms. The molecule has 1 aromatic carbocycles. The molecule has 1 unspecified atom stereocenters. The molecular formula is C17H15NO4S. The summed E-state index contributed by atoms with van der Waals surface area (Å²) in [5.41, 5.74) is 0.564. The van der Waals surface area contributed by atoms with E-state index in [-0.39, 0.29) is 6.61 Å². The standard InChI is InChI=1S/C17H15NO4S/c1-12(21-14-6-3-2-4-7-14)17(19)20-11-13-10-15(22-18-13)16-8-5-9-23-16/h2-10,12H,11H2,1H3. The topological polar surface area (TPSA) is 61.6 Å². The van der Waals surface area contributed by atoms with Crippen LogP contribution in [0.25, 0.3) is 10.6 Å². The maximum absolute atomic E-state index is 12.0. The van der Waals surface area contributed by atoms with Crippen LogP contribution in [0.3, 0.4) is 0 Å². The molecule has 0 radical (unpaired) electrons. The molecule has 0 N–H and O–H groups in total. The van der Waals surface area contributed by atoms with Crippen molar-refractivity contribution < 1.29 is 18.8 Å². The summed E-state index contributed by atoms with van der Waals surface area (Å²) >= 11 is 1.56. The second-order valence-corrected chi connectivity index (χ2v) is 5.79. The van der Waals surface area contributed by atoms with Gasteiger partial charge in [0.15, 0.2) is 11.9 Å². The Morgan fingerprint density at radius 1 is 1.26 bits per heavy atom. The Morgan fingerprint density at radius 3 is 2.83 bits per heavy atom. The summed E-state index contributed by atoms with van der Waals surface area (Å²) in [4.78, 5) is 12.9. The van der Waals surface area contributed by atoms with Gasteiger partial charge < -0.3 is 14.0 Å². The average molecular weight is 329 g/mol. The van der Waals surface area contributed by atoms with Crippen molar-refractivity contribution in [1.82, 2.24) is 5.16 Å². The van der Waals surface area contributed by atoms with Crippen LogP contribution in [-0.4, -0.2) is 17.2 Å². The molecule has 0 saturated heterocycles. The molecule has 23 heavy (non-hydrogen) atoms. The molecule has 0 fully saturated rings. The molecule has 2 aromatic heterocycles. The van der Waals surface area contributed by atoms with Crippen molar-refractivity contribution in [2.24, 2.45) is 0 Å². The minimum Gasteiger partial charge on any atom is -0.479 e. The van der Waals surface area contributed by atoms with Gasteiger partial charge in [0.25, 0.3) is 0 Å². The number of nitrogens with zero attached hydrogens (tertiary/aromatic N) is 1. The van der Waals surface area contributed by atoms with Crippen LogP contribution in [0.2, 0.25) is 0 Å². The van der Waals surface area contributed by atoms with Gasteiger partial charge in [-0.05, 0) is 30.5 Å². The van der Waals surface area contributed by atoms with E-state index < -0.39 is 12.1 Å². The highest BCUT2D eigenvalue weighted by Gasteiger charge is 2.17. The van der Waals surface area contributed by atoms with Gasteiger partial charge in [0.05, 0.1) is 4.88 Å². The number of hydrogen-bond acceptors (Lipinski definition) is 6. The molecular weight excluding hydrogens is 314 g/mol. The van der Waals surface area contributed by atoms with Gasteiger partial charge in [-0.15, -0.1) is 11.3 Å². The van der Waals surface area contributed by atoms with Crippen molar-refractivity contribution in [1.29, 1.82) is 0 Å². The Morgan fingerprint density at radius 2 is 2.09 bits per heavy atom. The van der Waals surface area contributed by atoms with Crippen molar-refractivity contribution >= 4 is 17.3 Å². The first-order chi connectivity index (χ1) is 11.2. The number of hydrogen-bond donors (Lipinski definition) is 0. The van der Waals surface area contributed by atoms with E-state index >= 15 is 0 Å². The molecule has 5 nitrogen and oxygen atoms in total. The quantitative estimate of drug-likeness (QED) is 0.642. The lowest BCUT2D eigenvalue weighted by Crippen LogP contribution is -2.26. The lowest BCUT2D eigenvalue weighted by atomic mass is 10.3. The van der Waals surface area contributed by atoms with E-state index in [0.29, 0.717) is 17.2 Å². The first-order valence-corrected chi connectivity index (χ1v) is 7.98. The molecule has 0 aliphatic rings. The SMILES string of the molecule is CC(Oc1ccccc1)C(=O)OCc1cc(-c2cccs2)on1. The lowest BCUT2D eigenvalue weighted by Gasteiger charge is -2.13. The zero-order valence-electron chi connectivity index (χ0n) is 12.5. The maximum Gasteiger partial charge on any atom is 0.347 e. The van der Waals surface area contributed by atoms with E-state index in [2.05, 4.69) is 5.16 Å². The zero-order chi connectivity index (χ0) is 16.1. The highest BCUT2D eigenvalue weighted by molar-refractivity contribution is 7.13. The summed E-state index contributed by atoms with van der Waals surface area (Å²) in [7, 11) is 0. The fourth-order valence-electron chi connectivity index (χ4n) is 1.93. The number of para-hydroxylation sites is 1. The number of benzene rings is 1. The Balaban J connectivity index is 1.52. The van der Waals surface area contributed by atoms with Crippen LogP contribution in [0.1, 0.15) is 12.6 Å². The minimum absolute atomic E-state index is 0.0518. The predicted octanol–water partition coefficient (Wildman–Crippen LogP) is 3.91. The first-order valence-electron chi connectivity index (χ1n) is 7.10. The fraction of sp³-hybridized carbons (Fsp3) is 0.176. The van der Waals surface area contributed by atoms with E-state index in [4.69, 9.17) is 14.0 Å². The number of rotatable bonds is 6. The van der Waals surface area contributed by atoms with Crippen molar-refractivity contribution in [2.45, 2.75) is 19.6 Å². The van der Waals surface area contributed by atoms with Crippen LogP contribution in [0.5, 0.6) is 5.75 Å². The molecule has 3 rings (SSSR count). The normalized spacial score (nSPS) is 11.9. The predicted molar refractivity (Wildman–Crippen MR) is 86.1 cm³/mol. The van der Waals surface area contributed by atoms with Gasteiger partial charge in [-0.1, -0.05) is 29.4 Å². The molecule has 1 atom stereocenters. The molecule has 0 spiro atoms. The highest BCUT2D eigenvalue weighted by atomic mass is 32.1. The van der Waals surface area contributed by atoms with E-state index in [9.17, 15) is 4.79 Å². The van der Waals surface area contributed by atoms with Crippen LogP contribution in [0.4, 0.5) is 0 Å². The zero-order valence-corrected chi connectivity index (χ0v) is 13.3. The molecule has 118 valence electrons. The van der Waals surface area contributed by atoms with Gasteiger partial charge in [-0.3, -0.25) is 0 Å². The van der Waals surface area contributed by atoms with E-state index in [1.165, 1.54) is 0 Å². The maximum atomic E-state index is 12.0. The van der Waals surface area contributed by atoms with Crippen LogP contribution in [-0.2, 0) is 16.1 Å². The molecule has 0 aliphatic carbocycles. The third-order valence-corrected chi connectivity index (χ3v) is 3.96. The summed E-state index contributed by atoms with van der Waals surface area (Å²) in [6.45, 7) is 1.70. The van der Waals surface area contributed by atoms with E-state index in [0.717, 1.165) is 4.88 Å². The molecule has 3 aromatic rings. The summed E-state index contributed by atoms with van der Waals surface area (Å²) in [6, 6.07) is 14.8. The van der Waals surface area contributed by atoms with Gasteiger partial charge in [-0.2, -0.15) is 0 Å². The second-order valence-electron chi connectivity index (χ2n) is 4.84. The molecule has 2 heterocycles. The number of carbonyl (C=O) groups excluding carboxylic acids is 1. The second kappa shape index (κ2) is 7.11. The van der Waals surface area contributed by atoms with Gasteiger partial charge in [-0.25, -0.2) is 4.79 Å². The van der Waals surface area contributed by atoms with E-state index in [1.807, 2.05) is 35.7 Å². The van der Waals surface area contributed by atoms with Crippen LogP contribution in [0.15, 0.2) is 58.4 Å².